The molecule has 5 nitrogen and oxygen atoms in total. The zero-order valence-corrected chi connectivity index (χ0v) is 14.2. The van der Waals surface area contributed by atoms with Crippen molar-refractivity contribution in [2.24, 2.45) is 7.05 Å². The number of nitrogens with zero attached hydrogens (tertiary/aromatic N) is 5. The molecule has 1 saturated heterocycles. The molecule has 0 spiro atoms. The summed E-state index contributed by atoms with van der Waals surface area (Å²) in [5.41, 5.74) is 1.38. The van der Waals surface area contributed by atoms with E-state index in [0.29, 0.717) is 6.04 Å². The van der Waals surface area contributed by atoms with Crippen molar-refractivity contribution in [3.63, 3.8) is 0 Å². The Bertz CT molecular complexity index is 619. The molecule has 0 bridgehead atoms. The first-order valence-electron chi connectivity index (χ1n) is 8.21. The summed E-state index contributed by atoms with van der Waals surface area (Å²) < 4.78 is 4.31. The van der Waals surface area contributed by atoms with E-state index in [4.69, 9.17) is 0 Å². The molecule has 0 aromatic carbocycles. The lowest BCUT2D eigenvalue weighted by Gasteiger charge is -2.36. The molecule has 0 aliphatic carbocycles. The zero-order chi connectivity index (χ0) is 15.7. The van der Waals surface area contributed by atoms with Crippen LogP contribution >= 0.6 is 0 Å². The summed E-state index contributed by atoms with van der Waals surface area (Å²) in [6, 6.07) is 4.87. The Morgan fingerprint density at radius 1 is 1.27 bits per heavy atom. The molecule has 1 aliphatic heterocycles. The normalized spacial score (nSPS) is 20.5. The maximum absolute atomic E-state index is 4.52. The summed E-state index contributed by atoms with van der Waals surface area (Å²) in [7, 11) is 2.14. The molecule has 1 atom stereocenters. The molecule has 2 aromatic rings. The number of hydrogen-bond donors (Lipinski definition) is 0. The van der Waals surface area contributed by atoms with Crippen molar-refractivity contribution in [2.75, 3.05) is 6.54 Å². The van der Waals surface area contributed by atoms with Crippen LogP contribution < -0.4 is 0 Å². The predicted molar refractivity (Wildman–Crippen MR) is 87.4 cm³/mol. The molecule has 1 fully saturated rings. The van der Waals surface area contributed by atoms with Gasteiger partial charge in [0.25, 0.3) is 0 Å². The molecule has 2 aromatic heterocycles. The van der Waals surface area contributed by atoms with E-state index >= 15 is 0 Å². The highest BCUT2D eigenvalue weighted by atomic mass is 15.4. The van der Waals surface area contributed by atoms with E-state index in [0.717, 1.165) is 18.9 Å². The fraction of sp³-hybridized carbons (Fsp3) is 0.647. The lowest BCUT2D eigenvalue weighted by atomic mass is 9.99. The molecule has 3 rings (SSSR count). The van der Waals surface area contributed by atoms with Gasteiger partial charge in [0, 0.05) is 18.9 Å². The number of piperidine rings is 1. The standard InChI is InChI=1S/C17H27N5/c1-17(2,3)22-16(18-13-19-22)12-21-11-6-5-8-15(21)14-9-7-10-20(14)4/h7,9-10,13,15H,5-6,8,11-12H2,1-4H3/t15-/m0/s1. The maximum atomic E-state index is 4.52. The van der Waals surface area contributed by atoms with E-state index in [-0.39, 0.29) is 5.54 Å². The number of likely N-dealkylation sites (tertiary alicyclic amines) is 1. The Kier molecular flexibility index (Phi) is 4.08. The van der Waals surface area contributed by atoms with Gasteiger partial charge in [-0.1, -0.05) is 6.42 Å². The third-order valence-corrected chi connectivity index (χ3v) is 4.54. The van der Waals surface area contributed by atoms with Crippen LogP contribution in [0.15, 0.2) is 24.7 Å². The first kappa shape index (κ1) is 15.3. The third-order valence-electron chi connectivity index (χ3n) is 4.54. The summed E-state index contributed by atoms with van der Waals surface area (Å²) >= 11 is 0. The van der Waals surface area contributed by atoms with Crippen molar-refractivity contribution in [3.8, 4) is 0 Å². The van der Waals surface area contributed by atoms with E-state index in [2.05, 4.69) is 70.4 Å². The van der Waals surface area contributed by atoms with Crippen LogP contribution in [0.1, 0.15) is 57.6 Å². The minimum atomic E-state index is -0.0257. The summed E-state index contributed by atoms with van der Waals surface area (Å²) in [5, 5.41) is 4.43. The van der Waals surface area contributed by atoms with Crippen LogP contribution in [0.5, 0.6) is 0 Å². The molecule has 0 saturated carbocycles. The Morgan fingerprint density at radius 2 is 2.09 bits per heavy atom. The van der Waals surface area contributed by atoms with Crippen molar-refractivity contribution < 1.29 is 0 Å². The first-order valence-corrected chi connectivity index (χ1v) is 8.21. The molecule has 0 N–H and O–H groups in total. The van der Waals surface area contributed by atoms with Crippen molar-refractivity contribution in [1.29, 1.82) is 0 Å². The summed E-state index contributed by atoms with van der Waals surface area (Å²) in [6.45, 7) is 8.53. The molecule has 1 aliphatic rings. The second kappa shape index (κ2) is 5.88. The second-order valence-electron chi connectivity index (χ2n) is 7.28. The Balaban J connectivity index is 1.84. The van der Waals surface area contributed by atoms with Gasteiger partial charge in [0.15, 0.2) is 0 Å². The summed E-state index contributed by atoms with van der Waals surface area (Å²) in [4.78, 5) is 7.08. The quantitative estimate of drug-likeness (QED) is 0.874. The average Bonchev–Trinajstić information content (AvgIpc) is 3.08. The Hall–Kier alpha value is -1.62. The Labute approximate surface area is 133 Å². The molecule has 0 amide bonds. The second-order valence-corrected chi connectivity index (χ2v) is 7.28. The van der Waals surface area contributed by atoms with Crippen LogP contribution in [0.3, 0.4) is 0 Å². The molecular formula is C17H27N5. The monoisotopic (exact) mass is 301 g/mol. The van der Waals surface area contributed by atoms with Crippen LogP contribution in [0.4, 0.5) is 0 Å². The van der Waals surface area contributed by atoms with Crippen molar-refractivity contribution in [1.82, 2.24) is 24.2 Å². The van der Waals surface area contributed by atoms with Gasteiger partial charge < -0.3 is 4.57 Å². The van der Waals surface area contributed by atoms with E-state index in [1.54, 1.807) is 6.33 Å². The third kappa shape index (κ3) is 2.95. The van der Waals surface area contributed by atoms with Gasteiger partial charge >= 0.3 is 0 Å². The molecule has 0 unspecified atom stereocenters. The van der Waals surface area contributed by atoms with Crippen molar-refractivity contribution >= 4 is 0 Å². The largest absolute Gasteiger partial charge is 0.353 e. The van der Waals surface area contributed by atoms with E-state index in [1.165, 1.54) is 25.0 Å². The topological polar surface area (TPSA) is 38.9 Å². The number of aryl methyl sites for hydroxylation is 1. The molecule has 3 heterocycles. The molecule has 120 valence electrons. The fourth-order valence-electron chi connectivity index (χ4n) is 3.45. The minimum absolute atomic E-state index is 0.0257. The number of hydrogen-bond acceptors (Lipinski definition) is 3. The molecule has 0 radical (unpaired) electrons. The Morgan fingerprint density at radius 3 is 2.77 bits per heavy atom. The van der Waals surface area contributed by atoms with E-state index in [9.17, 15) is 0 Å². The van der Waals surface area contributed by atoms with Crippen molar-refractivity contribution in [2.45, 2.75) is 58.2 Å². The number of rotatable bonds is 3. The average molecular weight is 301 g/mol. The zero-order valence-electron chi connectivity index (χ0n) is 14.2. The molecule has 22 heavy (non-hydrogen) atoms. The highest BCUT2D eigenvalue weighted by Gasteiger charge is 2.28. The maximum Gasteiger partial charge on any atom is 0.141 e. The number of aromatic nitrogens is 4. The predicted octanol–water partition coefficient (Wildman–Crippen LogP) is 3.10. The first-order chi connectivity index (χ1) is 10.5. The lowest BCUT2D eigenvalue weighted by molar-refractivity contribution is 0.126. The molecule has 5 heteroatoms. The fourth-order valence-corrected chi connectivity index (χ4v) is 3.45. The van der Waals surface area contributed by atoms with Gasteiger partial charge in [0.2, 0.25) is 0 Å². The SMILES string of the molecule is Cn1cccc1[C@@H]1CCCCN1Cc1ncnn1C(C)(C)C. The van der Waals surface area contributed by atoms with Gasteiger partial charge in [-0.25, -0.2) is 9.67 Å². The highest BCUT2D eigenvalue weighted by Crippen LogP contribution is 2.32. The van der Waals surface area contributed by atoms with Crippen molar-refractivity contribution in [3.05, 3.63) is 36.2 Å². The van der Waals surface area contributed by atoms with Gasteiger partial charge in [0.05, 0.1) is 18.1 Å². The summed E-state index contributed by atoms with van der Waals surface area (Å²) in [6.07, 6.45) is 7.62. The van der Waals surface area contributed by atoms with Crippen LogP contribution in [-0.2, 0) is 19.1 Å². The highest BCUT2D eigenvalue weighted by molar-refractivity contribution is 5.13. The van der Waals surface area contributed by atoms with Crippen LogP contribution in [0, 0.1) is 0 Å². The van der Waals surface area contributed by atoms with Gasteiger partial charge in [-0.3, -0.25) is 4.90 Å². The van der Waals surface area contributed by atoms with E-state index < -0.39 is 0 Å². The van der Waals surface area contributed by atoms with Gasteiger partial charge in [-0.05, 0) is 52.3 Å². The van der Waals surface area contributed by atoms with Crippen LogP contribution in [0.25, 0.3) is 0 Å². The van der Waals surface area contributed by atoms with Gasteiger partial charge in [0.1, 0.15) is 12.2 Å². The van der Waals surface area contributed by atoms with Crippen LogP contribution in [-0.4, -0.2) is 30.8 Å². The summed E-state index contributed by atoms with van der Waals surface area (Å²) in [5.74, 6) is 1.06. The molecular weight excluding hydrogens is 274 g/mol. The van der Waals surface area contributed by atoms with Gasteiger partial charge in [-0.2, -0.15) is 5.10 Å². The van der Waals surface area contributed by atoms with Gasteiger partial charge in [-0.15, -0.1) is 0 Å². The van der Waals surface area contributed by atoms with Crippen LogP contribution in [0.2, 0.25) is 0 Å². The van der Waals surface area contributed by atoms with E-state index in [1.807, 2.05) is 0 Å². The minimum Gasteiger partial charge on any atom is -0.353 e. The smallest absolute Gasteiger partial charge is 0.141 e. The lowest BCUT2D eigenvalue weighted by Crippen LogP contribution is -2.36.